The Balaban J connectivity index is 1.49. The third-order valence-electron chi connectivity index (χ3n) is 4.65. The maximum absolute atomic E-state index is 11.9. The molecular weight excluding hydrogens is 294 g/mol. The molecule has 4 rings (SSSR count). The zero-order valence-corrected chi connectivity index (χ0v) is 13.0. The molecule has 1 unspecified atom stereocenters. The summed E-state index contributed by atoms with van der Waals surface area (Å²) >= 11 is 0. The molecule has 2 aliphatic heterocycles. The fraction of sp³-hybridized carbons (Fsp3) is 0.438. The molecule has 2 amide bonds. The van der Waals surface area contributed by atoms with Gasteiger partial charge in [-0.15, -0.1) is 0 Å². The lowest BCUT2D eigenvalue weighted by Gasteiger charge is -2.43. The first-order chi connectivity index (χ1) is 11.1. The van der Waals surface area contributed by atoms with Crippen LogP contribution < -0.4 is 5.32 Å². The number of aromatic nitrogens is 2. The summed E-state index contributed by atoms with van der Waals surface area (Å²) in [6, 6.07) is 4.21. The van der Waals surface area contributed by atoms with E-state index >= 15 is 0 Å². The van der Waals surface area contributed by atoms with Gasteiger partial charge in [0.05, 0.1) is 17.9 Å². The summed E-state index contributed by atoms with van der Waals surface area (Å²) in [4.78, 5) is 31.8. The van der Waals surface area contributed by atoms with Gasteiger partial charge in [0.15, 0.2) is 0 Å². The first-order valence-electron chi connectivity index (χ1n) is 7.85. The van der Waals surface area contributed by atoms with Crippen molar-refractivity contribution >= 4 is 17.5 Å². The molecule has 2 saturated heterocycles. The molecule has 1 N–H and O–H groups in total. The molecule has 120 valence electrons. The minimum absolute atomic E-state index is 0.0652. The highest BCUT2D eigenvalue weighted by Gasteiger charge is 2.37. The Labute approximate surface area is 133 Å². The first kappa shape index (κ1) is 14.2. The highest BCUT2D eigenvalue weighted by Crippen LogP contribution is 2.17. The largest absolute Gasteiger partial charge is 0.346 e. The summed E-state index contributed by atoms with van der Waals surface area (Å²) in [6.45, 7) is 5.53. The minimum Gasteiger partial charge on any atom is -0.346 e. The van der Waals surface area contributed by atoms with E-state index in [0.717, 1.165) is 31.0 Å². The number of carbonyl (C=O) groups is 2. The molecule has 0 aromatic carbocycles. The number of imidazole rings is 1. The SMILES string of the molecule is Cc1ccn2c(CN3CCN4C(=O)C(=O)NCC4C3)cnc2c1. The number of nitrogens with one attached hydrogen (secondary N) is 1. The number of piperazine rings is 2. The van der Waals surface area contributed by atoms with E-state index in [1.165, 1.54) is 5.56 Å². The van der Waals surface area contributed by atoms with E-state index in [4.69, 9.17) is 0 Å². The van der Waals surface area contributed by atoms with Crippen LogP contribution in [-0.2, 0) is 16.1 Å². The van der Waals surface area contributed by atoms with Crippen LogP contribution in [0.25, 0.3) is 5.65 Å². The van der Waals surface area contributed by atoms with Gasteiger partial charge in [-0.25, -0.2) is 4.98 Å². The summed E-state index contributed by atoms with van der Waals surface area (Å²) in [5.74, 6) is -0.877. The number of amides is 2. The van der Waals surface area contributed by atoms with Crippen LogP contribution in [0.3, 0.4) is 0 Å². The van der Waals surface area contributed by atoms with Crippen molar-refractivity contribution < 1.29 is 9.59 Å². The smallest absolute Gasteiger partial charge is 0.312 e. The van der Waals surface area contributed by atoms with E-state index in [1.807, 2.05) is 12.4 Å². The molecule has 0 saturated carbocycles. The summed E-state index contributed by atoms with van der Waals surface area (Å²) < 4.78 is 2.10. The first-order valence-corrected chi connectivity index (χ1v) is 7.85. The Kier molecular flexibility index (Phi) is 3.30. The Bertz CT molecular complexity index is 784. The van der Waals surface area contributed by atoms with Crippen LogP contribution in [-0.4, -0.2) is 63.2 Å². The lowest BCUT2D eigenvalue weighted by Crippen LogP contribution is -2.65. The normalized spacial score (nSPS) is 22.3. The number of fused-ring (bicyclic) bond motifs is 2. The molecule has 4 heterocycles. The Morgan fingerprint density at radius 2 is 2.22 bits per heavy atom. The van der Waals surface area contributed by atoms with Crippen molar-refractivity contribution in [3.05, 3.63) is 35.8 Å². The number of carbonyl (C=O) groups excluding carboxylic acids is 2. The highest BCUT2D eigenvalue weighted by molar-refractivity contribution is 6.35. The van der Waals surface area contributed by atoms with Gasteiger partial charge in [-0.2, -0.15) is 0 Å². The third kappa shape index (κ3) is 2.46. The van der Waals surface area contributed by atoms with Crippen molar-refractivity contribution in [3.63, 3.8) is 0 Å². The topological polar surface area (TPSA) is 70.0 Å². The lowest BCUT2D eigenvalue weighted by molar-refractivity contribution is -0.152. The van der Waals surface area contributed by atoms with Crippen molar-refractivity contribution in [2.45, 2.75) is 19.5 Å². The quantitative estimate of drug-likeness (QED) is 0.779. The van der Waals surface area contributed by atoms with E-state index in [2.05, 4.69) is 38.7 Å². The van der Waals surface area contributed by atoms with Crippen molar-refractivity contribution in [3.8, 4) is 0 Å². The predicted octanol–water partition coefficient (Wildman–Crippen LogP) is -0.215. The van der Waals surface area contributed by atoms with Gasteiger partial charge in [-0.05, 0) is 24.6 Å². The molecular formula is C16H19N5O2. The standard InChI is InChI=1S/C16H19N5O2/c1-11-2-3-20-12(7-17-14(20)6-11)9-19-4-5-21-13(10-19)8-18-15(22)16(21)23/h2-3,6-7,13H,4-5,8-10H2,1H3,(H,18,22). The van der Waals surface area contributed by atoms with Gasteiger partial charge in [0.2, 0.25) is 0 Å². The highest BCUT2D eigenvalue weighted by atomic mass is 16.2. The third-order valence-corrected chi connectivity index (χ3v) is 4.65. The fourth-order valence-electron chi connectivity index (χ4n) is 3.40. The van der Waals surface area contributed by atoms with Gasteiger partial charge in [0, 0.05) is 38.9 Å². The summed E-state index contributed by atoms with van der Waals surface area (Å²) in [6.07, 6.45) is 3.96. The Morgan fingerprint density at radius 3 is 3.09 bits per heavy atom. The van der Waals surface area contributed by atoms with Gasteiger partial charge < -0.3 is 14.6 Å². The molecule has 7 nitrogen and oxygen atoms in total. The minimum atomic E-state index is -0.480. The summed E-state index contributed by atoms with van der Waals surface area (Å²) in [7, 11) is 0. The maximum Gasteiger partial charge on any atom is 0.312 e. The van der Waals surface area contributed by atoms with Gasteiger partial charge >= 0.3 is 11.8 Å². The van der Waals surface area contributed by atoms with Crippen molar-refractivity contribution in [2.75, 3.05) is 26.2 Å². The molecule has 0 aliphatic carbocycles. The molecule has 2 fully saturated rings. The number of pyridine rings is 1. The van der Waals surface area contributed by atoms with Crippen LogP contribution in [0.15, 0.2) is 24.5 Å². The number of nitrogens with zero attached hydrogens (tertiary/aromatic N) is 4. The molecule has 1 atom stereocenters. The monoisotopic (exact) mass is 313 g/mol. The molecule has 0 spiro atoms. The molecule has 0 radical (unpaired) electrons. The number of rotatable bonds is 2. The van der Waals surface area contributed by atoms with E-state index in [9.17, 15) is 9.59 Å². The Hall–Kier alpha value is -2.41. The second kappa shape index (κ2) is 5.34. The van der Waals surface area contributed by atoms with Crippen LogP contribution in [0.5, 0.6) is 0 Å². The second-order valence-corrected chi connectivity index (χ2v) is 6.28. The van der Waals surface area contributed by atoms with Gasteiger partial charge in [-0.3, -0.25) is 14.5 Å². The van der Waals surface area contributed by atoms with Crippen LogP contribution in [0.2, 0.25) is 0 Å². The fourth-order valence-corrected chi connectivity index (χ4v) is 3.40. The summed E-state index contributed by atoms with van der Waals surface area (Å²) in [5.41, 5.74) is 3.29. The Morgan fingerprint density at radius 1 is 1.35 bits per heavy atom. The lowest BCUT2D eigenvalue weighted by atomic mass is 10.1. The van der Waals surface area contributed by atoms with E-state index < -0.39 is 11.8 Å². The maximum atomic E-state index is 11.9. The molecule has 2 aromatic rings. The van der Waals surface area contributed by atoms with Crippen LogP contribution in [0.1, 0.15) is 11.3 Å². The van der Waals surface area contributed by atoms with Gasteiger partial charge in [0.1, 0.15) is 5.65 Å². The molecule has 0 bridgehead atoms. The van der Waals surface area contributed by atoms with Crippen molar-refractivity contribution in [2.24, 2.45) is 0 Å². The van der Waals surface area contributed by atoms with E-state index in [1.54, 1.807) is 4.90 Å². The average Bonchev–Trinajstić information content (AvgIpc) is 2.93. The molecule has 2 aliphatic rings. The number of hydrogen-bond donors (Lipinski definition) is 1. The number of hydrogen-bond acceptors (Lipinski definition) is 4. The van der Waals surface area contributed by atoms with Crippen molar-refractivity contribution in [1.82, 2.24) is 24.5 Å². The molecule has 7 heteroatoms. The second-order valence-electron chi connectivity index (χ2n) is 6.28. The predicted molar refractivity (Wildman–Crippen MR) is 83.7 cm³/mol. The van der Waals surface area contributed by atoms with Crippen LogP contribution in [0, 0.1) is 6.92 Å². The van der Waals surface area contributed by atoms with Gasteiger partial charge in [0.25, 0.3) is 0 Å². The van der Waals surface area contributed by atoms with Crippen molar-refractivity contribution in [1.29, 1.82) is 0 Å². The van der Waals surface area contributed by atoms with Crippen LogP contribution in [0.4, 0.5) is 0 Å². The molecule has 2 aromatic heterocycles. The zero-order valence-electron chi connectivity index (χ0n) is 13.0. The van der Waals surface area contributed by atoms with E-state index in [-0.39, 0.29) is 6.04 Å². The summed E-state index contributed by atoms with van der Waals surface area (Å²) in [5, 5.41) is 2.67. The number of aryl methyl sites for hydroxylation is 1. The van der Waals surface area contributed by atoms with Crippen LogP contribution >= 0.6 is 0 Å². The molecule has 23 heavy (non-hydrogen) atoms. The van der Waals surface area contributed by atoms with Gasteiger partial charge in [-0.1, -0.05) is 0 Å². The van der Waals surface area contributed by atoms with E-state index in [0.29, 0.717) is 13.1 Å². The average molecular weight is 313 g/mol. The zero-order chi connectivity index (χ0) is 16.0.